The molecule has 3 aromatic carbocycles. The Kier molecular flexibility index (Phi) is 10.2. The van der Waals surface area contributed by atoms with E-state index >= 15 is 0 Å². The van der Waals surface area contributed by atoms with Gasteiger partial charge in [-0.15, -0.1) is 24.2 Å². The second-order valence-corrected chi connectivity index (χ2v) is 11.3. The monoisotopic (exact) mass is 584 g/mol. The first-order chi connectivity index (χ1) is 18.5. The number of anilines is 2. The average Bonchev–Trinajstić information content (AvgIpc) is 2.91. The minimum Gasteiger partial charge on any atom is -0.507 e. The molecule has 4 rings (SSSR count). The standard InChI is InChI=1S/C30H36N4O4S.ClH/c1-18-19(2)28-25(20(3)27(18)36)13-14-30(4,38-28)15-16-39-24-11-7-21(8-12-24)33-26(35)17-37-23-9-5-22(6-10-23)34-29(31)32;/h5-12,36H,13-17H2,1-4H3,(H,33,35)(H4,31,32,34);1H. The fraction of sp³-hybridized carbons (Fsp3) is 0.333. The Labute approximate surface area is 246 Å². The summed E-state index contributed by atoms with van der Waals surface area (Å²) in [4.78, 5) is 13.4. The molecule has 6 N–H and O–H groups in total. The second kappa shape index (κ2) is 13.2. The molecule has 0 radical (unpaired) electrons. The summed E-state index contributed by atoms with van der Waals surface area (Å²) in [6.45, 7) is 7.99. The zero-order valence-electron chi connectivity index (χ0n) is 23.2. The Morgan fingerprint density at radius 3 is 2.33 bits per heavy atom. The van der Waals surface area contributed by atoms with Gasteiger partial charge in [-0.25, -0.2) is 0 Å². The van der Waals surface area contributed by atoms with Crippen molar-refractivity contribution in [2.24, 2.45) is 5.73 Å². The third kappa shape index (κ3) is 7.55. The molecule has 1 heterocycles. The van der Waals surface area contributed by atoms with E-state index in [-0.39, 0.29) is 36.5 Å². The van der Waals surface area contributed by atoms with Gasteiger partial charge in [0.05, 0.1) is 0 Å². The number of phenols is 1. The number of fused-ring (bicyclic) bond motifs is 1. The van der Waals surface area contributed by atoms with Crippen LogP contribution >= 0.6 is 24.2 Å². The largest absolute Gasteiger partial charge is 0.507 e. The van der Waals surface area contributed by atoms with Crippen molar-refractivity contribution in [1.29, 1.82) is 5.41 Å². The van der Waals surface area contributed by atoms with Gasteiger partial charge in [-0.05, 0) is 112 Å². The van der Waals surface area contributed by atoms with Crippen molar-refractivity contribution >= 4 is 47.4 Å². The van der Waals surface area contributed by atoms with E-state index in [1.165, 1.54) is 0 Å². The van der Waals surface area contributed by atoms with Crippen LogP contribution in [0.2, 0.25) is 0 Å². The van der Waals surface area contributed by atoms with Gasteiger partial charge in [0, 0.05) is 27.6 Å². The van der Waals surface area contributed by atoms with Crippen LogP contribution in [-0.2, 0) is 11.2 Å². The van der Waals surface area contributed by atoms with Crippen LogP contribution in [-0.4, -0.2) is 34.9 Å². The van der Waals surface area contributed by atoms with Crippen LogP contribution in [0.3, 0.4) is 0 Å². The first kappa shape index (κ1) is 31.0. The first-order valence-electron chi connectivity index (χ1n) is 12.9. The van der Waals surface area contributed by atoms with Crippen LogP contribution < -0.4 is 25.8 Å². The average molecular weight is 585 g/mol. The second-order valence-electron chi connectivity index (χ2n) is 10.1. The molecule has 1 atom stereocenters. The molecule has 1 aliphatic rings. The number of aromatic hydroxyl groups is 1. The van der Waals surface area contributed by atoms with E-state index in [2.05, 4.69) is 17.6 Å². The van der Waals surface area contributed by atoms with Crippen LogP contribution in [0.5, 0.6) is 17.2 Å². The van der Waals surface area contributed by atoms with Crippen LogP contribution in [0.4, 0.5) is 11.4 Å². The number of nitrogens with one attached hydrogen (secondary N) is 3. The van der Waals surface area contributed by atoms with Crippen molar-refractivity contribution in [1.82, 2.24) is 0 Å². The maximum Gasteiger partial charge on any atom is 0.262 e. The smallest absolute Gasteiger partial charge is 0.262 e. The minimum atomic E-state index is -0.252. The molecule has 8 nitrogen and oxygen atoms in total. The van der Waals surface area contributed by atoms with Gasteiger partial charge < -0.3 is 30.9 Å². The van der Waals surface area contributed by atoms with Crippen molar-refractivity contribution in [3.63, 3.8) is 0 Å². The molecular formula is C30H37ClN4O4S. The maximum absolute atomic E-state index is 12.3. The van der Waals surface area contributed by atoms with E-state index in [0.29, 0.717) is 22.9 Å². The third-order valence-electron chi connectivity index (χ3n) is 7.13. The molecule has 0 aliphatic carbocycles. The predicted molar refractivity (Wildman–Crippen MR) is 165 cm³/mol. The highest BCUT2D eigenvalue weighted by molar-refractivity contribution is 7.99. The normalized spacial score (nSPS) is 15.7. The van der Waals surface area contributed by atoms with Crippen LogP contribution in [0.15, 0.2) is 53.4 Å². The van der Waals surface area contributed by atoms with E-state index in [1.54, 1.807) is 36.0 Å². The van der Waals surface area contributed by atoms with Crippen LogP contribution in [0.25, 0.3) is 0 Å². The zero-order chi connectivity index (χ0) is 28.2. The molecule has 214 valence electrons. The number of carbonyl (C=O) groups excluding carboxylic acids is 1. The van der Waals surface area contributed by atoms with Gasteiger partial charge in [-0.1, -0.05) is 0 Å². The lowest BCUT2D eigenvalue weighted by atomic mass is 9.86. The summed E-state index contributed by atoms with van der Waals surface area (Å²) < 4.78 is 12.1. The van der Waals surface area contributed by atoms with Crippen LogP contribution in [0.1, 0.15) is 42.0 Å². The van der Waals surface area contributed by atoms with Crippen molar-refractivity contribution in [2.45, 2.75) is 57.5 Å². The molecule has 0 bridgehead atoms. The summed E-state index contributed by atoms with van der Waals surface area (Å²) in [5.74, 6) is 2.38. The van der Waals surface area contributed by atoms with Crippen LogP contribution in [0, 0.1) is 26.2 Å². The number of rotatable bonds is 9. The van der Waals surface area contributed by atoms with Crippen molar-refractivity contribution in [3.8, 4) is 17.2 Å². The lowest BCUT2D eigenvalue weighted by Crippen LogP contribution is -2.37. The number of hydrogen-bond acceptors (Lipinski definition) is 6. The van der Waals surface area contributed by atoms with Gasteiger partial charge in [0.1, 0.15) is 22.8 Å². The number of nitrogens with two attached hydrogens (primary N) is 1. The van der Waals surface area contributed by atoms with Gasteiger partial charge in [0.15, 0.2) is 12.6 Å². The van der Waals surface area contributed by atoms with Gasteiger partial charge in [-0.2, -0.15) is 0 Å². The molecule has 0 saturated heterocycles. The summed E-state index contributed by atoms with van der Waals surface area (Å²) in [7, 11) is 0. The Morgan fingerprint density at radius 2 is 1.68 bits per heavy atom. The van der Waals surface area contributed by atoms with Crippen molar-refractivity contribution < 1.29 is 19.4 Å². The number of halogens is 1. The highest BCUT2D eigenvalue weighted by Gasteiger charge is 2.34. The fourth-order valence-corrected chi connectivity index (χ4v) is 5.72. The fourth-order valence-electron chi connectivity index (χ4n) is 4.63. The molecule has 0 spiro atoms. The number of thioether (sulfide) groups is 1. The van der Waals surface area contributed by atoms with Gasteiger partial charge in [-0.3, -0.25) is 10.2 Å². The molecule has 0 aromatic heterocycles. The molecule has 1 amide bonds. The number of amides is 1. The lowest BCUT2D eigenvalue weighted by Gasteiger charge is -2.38. The van der Waals surface area contributed by atoms with E-state index in [9.17, 15) is 9.90 Å². The molecule has 1 unspecified atom stereocenters. The van der Waals surface area contributed by atoms with Gasteiger partial charge in [0.2, 0.25) is 0 Å². The zero-order valence-corrected chi connectivity index (χ0v) is 24.9. The number of hydrogen-bond donors (Lipinski definition) is 5. The lowest BCUT2D eigenvalue weighted by molar-refractivity contribution is -0.118. The quantitative estimate of drug-likeness (QED) is 0.113. The van der Waals surface area contributed by atoms with E-state index in [1.807, 2.05) is 45.0 Å². The topological polar surface area (TPSA) is 130 Å². The Balaban J connectivity index is 0.00000441. The first-order valence-corrected chi connectivity index (χ1v) is 13.9. The molecule has 40 heavy (non-hydrogen) atoms. The van der Waals surface area contributed by atoms with E-state index in [0.717, 1.165) is 57.9 Å². The molecule has 1 aliphatic heterocycles. The van der Waals surface area contributed by atoms with Crippen molar-refractivity contribution in [2.75, 3.05) is 23.0 Å². The Morgan fingerprint density at radius 1 is 1.05 bits per heavy atom. The Bertz CT molecular complexity index is 1370. The summed E-state index contributed by atoms with van der Waals surface area (Å²) in [6, 6.07) is 14.6. The molecular weight excluding hydrogens is 548 g/mol. The SMILES string of the molecule is Cc1c(C)c2c(c(C)c1O)CCC(C)(CCSc1ccc(NC(=O)COc3ccc(NC(=N)N)cc3)cc1)O2.Cl. The number of benzene rings is 3. The number of carbonyl (C=O) groups is 1. The number of ether oxygens (including phenoxy) is 2. The molecule has 0 saturated carbocycles. The minimum absolute atomic E-state index is 0. The third-order valence-corrected chi connectivity index (χ3v) is 8.15. The maximum atomic E-state index is 12.3. The molecule has 3 aromatic rings. The predicted octanol–water partition coefficient (Wildman–Crippen LogP) is 6.33. The Hall–Kier alpha value is -3.56. The molecule has 0 fully saturated rings. The number of phenolic OH excluding ortho intramolecular Hbond substituents is 1. The van der Waals surface area contributed by atoms with Crippen molar-refractivity contribution in [3.05, 3.63) is 70.8 Å². The highest BCUT2D eigenvalue weighted by Crippen LogP contribution is 2.44. The summed E-state index contributed by atoms with van der Waals surface area (Å²) in [6.07, 6.45) is 2.71. The highest BCUT2D eigenvalue weighted by atomic mass is 35.5. The molecule has 10 heteroatoms. The van der Waals surface area contributed by atoms with Gasteiger partial charge in [0.25, 0.3) is 5.91 Å². The van der Waals surface area contributed by atoms with Gasteiger partial charge >= 0.3 is 0 Å². The summed E-state index contributed by atoms with van der Waals surface area (Å²) >= 11 is 1.76. The summed E-state index contributed by atoms with van der Waals surface area (Å²) in [5.41, 5.74) is 10.4. The van der Waals surface area contributed by atoms with E-state index < -0.39 is 0 Å². The number of guanidine groups is 1. The summed E-state index contributed by atoms with van der Waals surface area (Å²) in [5, 5.41) is 23.2. The van der Waals surface area contributed by atoms with E-state index in [4.69, 9.17) is 20.6 Å².